The molecule has 2 N–H and O–H groups in total. The molecule has 1 aliphatic heterocycles. The normalized spacial score (nSPS) is 12.8. The molecule has 3 aromatic rings. The summed E-state index contributed by atoms with van der Waals surface area (Å²) >= 11 is 6.47. The average molecular weight is 619 g/mol. The van der Waals surface area contributed by atoms with Crippen LogP contribution in [0.1, 0.15) is 46.1 Å². The van der Waals surface area contributed by atoms with Crippen LogP contribution in [-0.4, -0.2) is 61.9 Å². The van der Waals surface area contributed by atoms with Crippen molar-refractivity contribution in [2.24, 2.45) is 4.99 Å². The minimum atomic E-state index is -0.387. The Morgan fingerprint density at radius 1 is 1.20 bits per heavy atom. The molecule has 9 nitrogen and oxygen atoms in total. The van der Waals surface area contributed by atoms with E-state index in [1.54, 1.807) is 37.4 Å². The summed E-state index contributed by atoms with van der Waals surface area (Å²) in [4.78, 5) is 22.9. The number of rotatable bonds is 10. The molecule has 1 aromatic heterocycles. The van der Waals surface area contributed by atoms with Crippen LogP contribution in [0, 0.1) is 11.3 Å². The van der Waals surface area contributed by atoms with Gasteiger partial charge in [-0.05, 0) is 83.2 Å². The number of likely N-dealkylation sites (tertiary alicyclic amines) is 1. The van der Waals surface area contributed by atoms with Crippen molar-refractivity contribution in [2.45, 2.75) is 40.5 Å². The van der Waals surface area contributed by atoms with Crippen molar-refractivity contribution in [1.82, 2.24) is 9.88 Å². The number of nitrogens with one attached hydrogen (secondary N) is 2. The molecule has 0 aliphatic carbocycles. The van der Waals surface area contributed by atoms with Gasteiger partial charge in [-0.2, -0.15) is 5.26 Å². The molecule has 1 fully saturated rings. The third-order valence-corrected chi connectivity index (χ3v) is 6.68. The Bertz CT molecular complexity index is 1510. The summed E-state index contributed by atoms with van der Waals surface area (Å²) in [5, 5.41) is 16.8. The van der Waals surface area contributed by atoms with E-state index in [1.165, 1.54) is 38.2 Å². The molecule has 1 aliphatic rings. The lowest BCUT2D eigenvalue weighted by molar-refractivity contribution is -0.111. The molecular weight excluding hydrogens is 576 g/mol. The predicted octanol–water partition coefficient (Wildman–Crippen LogP) is 7.79. The maximum Gasteiger partial charge on any atom is 0.247 e. The van der Waals surface area contributed by atoms with Crippen LogP contribution in [-0.2, 0) is 4.79 Å². The Morgan fingerprint density at radius 2 is 1.93 bits per heavy atom. The number of halogens is 1. The first-order valence-corrected chi connectivity index (χ1v) is 15.1. The van der Waals surface area contributed by atoms with E-state index in [1.807, 2.05) is 39.8 Å². The lowest BCUT2D eigenvalue weighted by Gasteiger charge is -2.16. The summed E-state index contributed by atoms with van der Waals surface area (Å²) in [5.41, 5.74) is 3.27. The van der Waals surface area contributed by atoms with Gasteiger partial charge in [0.05, 0.1) is 39.8 Å². The molecule has 1 amide bonds. The van der Waals surface area contributed by atoms with Crippen molar-refractivity contribution in [3.8, 4) is 17.6 Å². The van der Waals surface area contributed by atoms with E-state index in [0.717, 1.165) is 5.71 Å². The fraction of sp³-hybridized carbons (Fsp3) is 0.353. The van der Waals surface area contributed by atoms with Crippen molar-refractivity contribution < 1.29 is 14.3 Å². The second-order valence-corrected chi connectivity index (χ2v) is 9.84. The zero-order chi connectivity index (χ0) is 32.5. The number of allylic oxidation sites excluding steroid dienone is 1. The van der Waals surface area contributed by atoms with E-state index in [-0.39, 0.29) is 12.5 Å². The molecule has 0 spiro atoms. The lowest BCUT2D eigenvalue weighted by Crippen LogP contribution is -2.10. The summed E-state index contributed by atoms with van der Waals surface area (Å²) in [6.45, 7) is 14.6. The van der Waals surface area contributed by atoms with Crippen molar-refractivity contribution in [3.05, 3.63) is 71.9 Å². The van der Waals surface area contributed by atoms with Crippen LogP contribution in [0.2, 0.25) is 5.02 Å². The minimum Gasteiger partial charge on any atom is -0.492 e. The largest absolute Gasteiger partial charge is 0.492 e. The van der Waals surface area contributed by atoms with Crippen LogP contribution < -0.4 is 20.1 Å². The number of amides is 1. The monoisotopic (exact) mass is 618 g/mol. The van der Waals surface area contributed by atoms with Gasteiger partial charge >= 0.3 is 0 Å². The number of pyridine rings is 1. The van der Waals surface area contributed by atoms with Crippen molar-refractivity contribution in [3.63, 3.8) is 0 Å². The highest BCUT2D eigenvalue weighted by molar-refractivity contribution is 6.32. The predicted molar refractivity (Wildman–Crippen MR) is 183 cm³/mol. The first kappa shape index (κ1) is 35.8. The average Bonchev–Trinajstić information content (AvgIpc) is 3.52. The van der Waals surface area contributed by atoms with Gasteiger partial charge in [-0.25, -0.2) is 0 Å². The molecule has 1 saturated heterocycles. The Balaban J connectivity index is 0.000000740. The molecule has 0 bridgehead atoms. The zero-order valence-electron chi connectivity index (χ0n) is 26.5. The molecule has 10 heteroatoms. The van der Waals surface area contributed by atoms with Crippen LogP contribution in [0.25, 0.3) is 10.9 Å². The smallest absolute Gasteiger partial charge is 0.247 e. The number of hydrogen-bond donors (Lipinski definition) is 2. The molecule has 4 rings (SSSR count). The van der Waals surface area contributed by atoms with Crippen LogP contribution >= 0.6 is 11.6 Å². The Hall–Kier alpha value is -4.39. The zero-order valence-corrected chi connectivity index (χ0v) is 27.3. The summed E-state index contributed by atoms with van der Waals surface area (Å²) in [6, 6.07) is 10.8. The van der Waals surface area contributed by atoms with Gasteiger partial charge in [0.15, 0.2) is 0 Å². The summed E-state index contributed by atoms with van der Waals surface area (Å²) in [6.07, 6.45) is 9.23. The number of fused-ring (bicyclic) bond motifs is 1. The third-order valence-electron chi connectivity index (χ3n) is 6.39. The number of benzene rings is 2. The highest BCUT2D eigenvalue weighted by atomic mass is 35.5. The molecular formula is C34H43ClN6O3. The molecule has 0 radical (unpaired) electrons. The number of hydrogen-bond acceptors (Lipinski definition) is 8. The Labute approximate surface area is 266 Å². The quantitative estimate of drug-likeness (QED) is 0.176. The fourth-order valence-electron chi connectivity index (χ4n) is 4.24. The molecule has 0 saturated carbocycles. The highest BCUT2D eigenvalue weighted by Gasteiger charge is 2.16. The van der Waals surface area contributed by atoms with E-state index >= 15 is 0 Å². The number of nitrogens with zero attached hydrogens (tertiary/aromatic N) is 4. The van der Waals surface area contributed by atoms with Gasteiger partial charge < -0.3 is 25.0 Å². The molecule has 0 unspecified atom stereocenters. The second kappa shape index (κ2) is 19.0. The van der Waals surface area contributed by atoms with Crippen LogP contribution in [0.3, 0.4) is 0 Å². The van der Waals surface area contributed by atoms with E-state index in [2.05, 4.69) is 45.2 Å². The standard InChI is InChI=1S/C27H26ClN5O3.C5H11N.C2H6/c1-5-8-19(30-4)16-36-24-10-9-18(11-21(24)28)32-27-17(14-29)15-31-22-13-25(35-7-3)23(12-20(22)27)33-26(34)6-2;1-6-4-2-3-5-6;1-2/h5-6,8-13,15H,2,7,16H2,1,3-4H3,(H,31,32)(H,33,34);2-5H2,1H3;1-2H3/b8-5-,30-19?;;. The van der Waals surface area contributed by atoms with Gasteiger partial charge in [-0.15, -0.1) is 0 Å². The van der Waals surface area contributed by atoms with Crippen LogP contribution in [0.15, 0.2) is 66.3 Å². The van der Waals surface area contributed by atoms with Crippen molar-refractivity contribution in [2.75, 3.05) is 51.0 Å². The number of carbonyl (C=O) groups is 1. The molecule has 2 aromatic carbocycles. The SMILES string of the molecule is C=CC(=O)Nc1cc2c(Nc3ccc(OCC(/C=C\C)=NC)c(Cl)c3)c(C#N)cnc2cc1OCC.CC.CN1CCCC1. The van der Waals surface area contributed by atoms with Gasteiger partial charge in [0.1, 0.15) is 24.2 Å². The van der Waals surface area contributed by atoms with E-state index in [4.69, 9.17) is 21.1 Å². The van der Waals surface area contributed by atoms with Crippen molar-refractivity contribution in [1.29, 1.82) is 5.26 Å². The van der Waals surface area contributed by atoms with Crippen molar-refractivity contribution >= 4 is 51.2 Å². The number of ether oxygens (including phenoxy) is 2. The Morgan fingerprint density at radius 3 is 2.48 bits per heavy atom. The molecule has 234 valence electrons. The summed E-state index contributed by atoms with van der Waals surface area (Å²) in [5.74, 6) is 0.576. The maximum atomic E-state index is 12.0. The first-order chi connectivity index (χ1) is 21.3. The van der Waals surface area contributed by atoms with Gasteiger partial charge in [-0.1, -0.05) is 38.1 Å². The number of nitriles is 1. The molecule has 2 heterocycles. The van der Waals surface area contributed by atoms with Crippen LogP contribution in [0.5, 0.6) is 11.5 Å². The lowest BCUT2D eigenvalue weighted by atomic mass is 10.1. The molecule has 0 atom stereocenters. The number of anilines is 3. The number of carbonyl (C=O) groups excluding carboxylic acids is 1. The minimum absolute atomic E-state index is 0.280. The van der Waals surface area contributed by atoms with Gasteiger partial charge in [0.25, 0.3) is 0 Å². The third kappa shape index (κ3) is 10.4. The second-order valence-electron chi connectivity index (χ2n) is 9.43. The van der Waals surface area contributed by atoms with Gasteiger partial charge in [0, 0.05) is 30.4 Å². The molecule has 44 heavy (non-hydrogen) atoms. The first-order valence-electron chi connectivity index (χ1n) is 14.7. The van der Waals surface area contributed by atoms with E-state index in [0.29, 0.717) is 56.7 Å². The summed E-state index contributed by atoms with van der Waals surface area (Å²) < 4.78 is 11.5. The van der Waals surface area contributed by atoms with E-state index in [9.17, 15) is 10.1 Å². The Kier molecular flexibility index (Phi) is 15.5. The van der Waals surface area contributed by atoms with Gasteiger partial charge in [0.2, 0.25) is 5.91 Å². The summed E-state index contributed by atoms with van der Waals surface area (Å²) in [7, 11) is 3.87. The van der Waals surface area contributed by atoms with Crippen LogP contribution in [0.4, 0.5) is 17.1 Å². The highest BCUT2D eigenvalue weighted by Crippen LogP contribution is 2.37. The topological polar surface area (TPSA) is 112 Å². The van der Waals surface area contributed by atoms with E-state index < -0.39 is 0 Å². The number of aliphatic imine (C=N–C) groups is 1. The fourth-order valence-corrected chi connectivity index (χ4v) is 4.48. The number of aromatic nitrogens is 1. The van der Waals surface area contributed by atoms with Gasteiger partial charge in [-0.3, -0.25) is 14.8 Å². The maximum absolute atomic E-state index is 12.0.